The van der Waals surface area contributed by atoms with Crippen molar-refractivity contribution in [1.29, 1.82) is 0 Å². The SMILES string of the molecule is COc1ccccc1CN(CCc1c[nH]c2ccccc12)Cc1nc(C(=O)N[C@H](C)c2ccccc2)co1. The number of H-pyrrole nitrogens is 1. The molecule has 7 heteroatoms. The molecule has 38 heavy (non-hydrogen) atoms. The number of hydrogen-bond acceptors (Lipinski definition) is 5. The van der Waals surface area contributed by atoms with Crippen LogP contribution in [-0.2, 0) is 19.5 Å². The van der Waals surface area contributed by atoms with E-state index in [0.717, 1.165) is 35.4 Å². The third-order valence-corrected chi connectivity index (χ3v) is 6.75. The largest absolute Gasteiger partial charge is 0.496 e. The molecule has 194 valence electrons. The van der Waals surface area contributed by atoms with Crippen molar-refractivity contribution in [2.75, 3.05) is 13.7 Å². The molecule has 1 atom stereocenters. The number of ether oxygens (including phenoxy) is 1. The van der Waals surface area contributed by atoms with Crippen LogP contribution in [0.3, 0.4) is 0 Å². The van der Waals surface area contributed by atoms with Gasteiger partial charge in [0.05, 0.1) is 19.7 Å². The van der Waals surface area contributed by atoms with E-state index in [-0.39, 0.29) is 17.6 Å². The second-order valence-corrected chi connectivity index (χ2v) is 9.36. The Labute approximate surface area is 222 Å². The molecule has 5 rings (SSSR count). The van der Waals surface area contributed by atoms with Gasteiger partial charge in [-0.25, -0.2) is 4.98 Å². The minimum atomic E-state index is -0.258. The molecular weight excluding hydrogens is 476 g/mol. The molecule has 2 aromatic heterocycles. The number of aromatic amines is 1. The molecule has 0 fully saturated rings. The first-order valence-electron chi connectivity index (χ1n) is 12.8. The molecule has 1 amide bonds. The van der Waals surface area contributed by atoms with Crippen LogP contribution in [0.4, 0.5) is 0 Å². The monoisotopic (exact) mass is 508 g/mol. The van der Waals surface area contributed by atoms with Crippen LogP contribution in [0.25, 0.3) is 10.9 Å². The van der Waals surface area contributed by atoms with Gasteiger partial charge >= 0.3 is 0 Å². The Morgan fingerprint density at radius 3 is 2.61 bits per heavy atom. The molecule has 0 aliphatic rings. The molecule has 0 bridgehead atoms. The molecular formula is C31H32N4O3. The predicted octanol–water partition coefficient (Wildman–Crippen LogP) is 5.90. The second-order valence-electron chi connectivity index (χ2n) is 9.36. The number of nitrogens with zero attached hydrogens (tertiary/aromatic N) is 2. The lowest BCUT2D eigenvalue weighted by molar-refractivity contribution is 0.0934. The maximum Gasteiger partial charge on any atom is 0.273 e. The zero-order valence-corrected chi connectivity index (χ0v) is 21.7. The summed E-state index contributed by atoms with van der Waals surface area (Å²) in [4.78, 5) is 23.0. The number of oxazole rings is 1. The van der Waals surface area contributed by atoms with E-state index < -0.39 is 0 Å². The summed E-state index contributed by atoms with van der Waals surface area (Å²) in [6, 6.07) is 26.0. The number of aromatic nitrogens is 2. The Bertz CT molecular complexity index is 1490. The van der Waals surface area contributed by atoms with Gasteiger partial charge in [0.2, 0.25) is 5.89 Å². The summed E-state index contributed by atoms with van der Waals surface area (Å²) in [5, 5.41) is 4.23. The van der Waals surface area contributed by atoms with Gasteiger partial charge in [0.15, 0.2) is 5.69 Å². The fourth-order valence-electron chi connectivity index (χ4n) is 4.68. The number of rotatable bonds is 11. The van der Waals surface area contributed by atoms with Gasteiger partial charge in [0, 0.05) is 35.8 Å². The molecule has 3 aromatic carbocycles. The Hall–Kier alpha value is -4.36. The number of fused-ring (bicyclic) bond motifs is 1. The van der Waals surface area contributed by atoms with E-state index in [9.17, 15) is 4.79 Å². The van der Waals surface area contributed by atoms with Gasteiger partial charge < -0.3 is 19.5 Å². The van der Waals surface area contributed by atoms with Crippen LogP contribution in [-0.4, -0.2) is 34.4 Å². The number of benzene rings is 3. The Balaban J connectivity index is 1.30. The maximum atomic E-state index is 12.8. The Morgan fingerprint density at radius 2 is 1.76 bits per heavy atom. The molecule has 0 saturated carbocycles. The number of carbonyl (C=O) groups excluding carboxylic acids is 1. The van der Waals surface area contributed by atoms with Crippen molar-refractivity contribution in [3.05, 3.63) is 120 Å². The first kappa shape index (κ1) is 25.3. The highest BCUT2D eigenvalue weighted by Gasteiger charge is 2.18. The molecule has 2 N–H and O–H groups in total. The molecule has 0 radical (unpaired) electrons. The van der Waals surface area contributed by atoms with Crippen LogP contribution >= 0.6 is 0 Å². The quantitative estimate of drug-likeness (QED) is 0.232. The average Bonchev–Trinajstić information content (AvgIpc) is 3.60. The van der Waals surface area contributed by atoms with Crippen molar-refractivity contribution in [3.63, 3.8) is 0 Å². The lowest BCUT2D eigenvalue weighted by atomic mass is 10.1. The highest BCUT2D eigenvalue weighted by atomic mass is 16.5. The zero-order chi connectivity index (χ0) is 26.3. The average molecular weight is 509 g/mol. The first-order valence-corrected chi connectivity index (χ1v) is 12.8. The number of carbonyl (C=O) groups is 1. The third-order valence-electron chi connectivity index (χ3n) is 6.75. The van der Waals surface area contributed by atoms with Gasteiger partial charge in [-0.2, -0.15) is 0 Å². The lowest BCUT2D eigenvalue weighted by Gasteiger charge is -2.22. The first-order chi connectivity index (χ1) is 18.6. The molecule has 2 heterocycles. The van der Waals surface area contributed by atoms with Crippen LogP contribution < -0.4 is 10.1 Å². The van der Waals surface area contributed by atoms with Crippen molar-refractivity contribution in [2.45, 2.75) is 32.5 Å². The predicted molar refractivity (Wildman–Crippen MR) is 148 cm³/mol. The Kier molecular flexibility index (Phi) is 7.85. The molecule has 0 spiro atoms. The summed E-state index contributed by atoms with van der Waals surface area (Å²) >= 11 is 0. The van der Waals surface area contributed by atoms with Crippen molar-refractivity contribution in [3.8, 4) is 5.75 Å². The normalized spacial score (nSPS) is 12.1. The van der Waals surface area contributed by atoms with Gasteiger partial charge in [-0.05, 0) is 36.6 Å². The van der Waals surface area contributed by atoms with Crippen molar-refractivity contribution < 1.29 is 13.9 Å². The van der Waals surface area contributed by atoms with E-state index in [2.05, 4.69) is 50.6 Å². The van der Waals surface area contributed by atoms with E-state index in [1.165, 1.54) is 17.2 Å². The summed E-state index contributed by atoms with van der Waals surface area (Å²) in [6.07, 6.45) is 4.36. The molecule has 7 nitrogen and oxygen atoms in total. The summed E-state index contributed by atoms with van der Waals surface area (Å²) < 4.78 is 11.3. The highest BCUT2D eigenvalue weighted by Crippen LogP contribution is 2.23. The fraction of sp³-hybridized carbons (Fsp3) is 0.226. The minimum absolute atomic E-state index is 0.137. The van der Waals surface area contributed by atoms with Crippen molar-refractivity contribution in [1.82, 2.24) is 20.2 Å². The third kappa shape index (κ3) is 5.95. The summed E-state index contributed by atoms with van der Waals surface area (Å²) in [5.74, 6) is 1.08. The van der Waals surface area contributed by atoms with E-state index in [1.54, 1.807) is 7.11 Å². The number of nitrogens with one attached hydrogen (secondary N) is 2. The molecule has 0 aliphatic carbocycles. The molecule has 0 saturated heterocycles. The molecule has 0 aliphatic heterocycles. The van der Waals surface area contributed by atoms with Crippen LogP contribution in [0.1, 0.15) is 46.0 Å². The van der Waals surface area contributed by atoms with Gasteiger partial charge in [-0.15, -0.1) is 0 Å². The van der Waals surface area contributed by atoms with E-state index in [4.69, 9.17) is 9.15 Å². The van der Waals surface area contributed by atoms with Gasteiger partial charge in [0.25, 0.3) is 5.91 Å². The zero-order valence-electron chi connectivity index (χ0n) is 21.7. The smallest absolute Gasteiger partial charge is 0.273 e. The van der Waals surface area contributed by atoms with E-state index in [1.807, 2.05) is 61.5 Å². The summed E-state index contributed by atoms with van der Waals surface area (Å²) in [6.45, 7) is 3.84. The highest BCUT2D eigenvalue weighted by molar-refractivity contribution is 5.92. The fourth-order valence-corrected chi connectivity index (χ4v) is 4.68. The van der Waals surface area contributed by atoms with E-state index in [0.29, 0.717) is 19.0 Å². The standard InChI is InChI=1S/C31H32N4O3/c1-22(23-10-4-3-5-11-23)33-31(36)28-21-38-30(34-28)20-35(19-25-12-6-9-15-29(25)37-2)17-16-24-18-32-27-14-8-7-13-26(24)27/h3-15,18,21-22,32H,16-17,19-20H2,1-2H3,(H,33,36)/t22-/m1/s1. The van der Waals surface area contributed by atoms with Gasteiger partial charge in [0.1, 0.15) is 12.0 Å². The maximum absolute atomic E-state index is 12.8. The van der Waals surface area contributed by atoms with Crippen LogP contribution in [0.2, 0.25) is 0 Å². The number of methoxy groups -OCH3 is 1. The second kappa shape index (κ2) is 11.8. The topological polar surface area (TPSA) is 83.4 Å². The molecule has 5 aromatic rings. The van der Waals surface area contributed by atoms with E-state index >= 15 is 0 Å². The summed E-state index contributed by atoms with van der Waals surface area (Å²) in [5.41, 5.74) is 4.77. The number of amides is 1. The summed E-state index contributed by atoms with van der Waals surface area (Å²) in [7, 11) is 1.69. The van der Waals surface area contributed by atoms with Crippen molar-refractivity contribution >= 4 is 16.8 Å². The van der Waals surface area contributed by atoms with Gasteiger partial charge in [-0.3, -0.25) is 9.69 Å². The van der Waals surface area contributed by atoms with Crippen molar-refractivity contribution in [2.24, 2.45) is 0 Å². The van der Waals surface area contributed by atoms with Crippen LogP contribution in [0, 0.1) is 0 Å². The number of para-hydroxylation sites is 2. The number of hydrogen-bond donors (Lipinski definition) is 2. The van der Waals surface area contributed by atoms with Crippen LogP contribution in [0.15, 0.2) is 95.7 Å². The lowest BCUT2D eigenvalue weighted by Crippen LogP contribution is -2.27. The van der Waals surface area contributed by atoms with Crippen LogP contribution in [0.5, 0.6) is 5.75 Å². The minimum Gasteiger partial charge on any atom is -0.496 e. The van der Waals surface area contributed by atoms with Gasteiger partial charge in [-0.1, -0.05) is 66.7 Å². The molecule has 0 unspecified atom stereocenters. The Morgan fingerprint density at radius 1 is 1.00 bits per heavy atom.